The molecule has 0 saturated heterocycles. The molecule has 0 aliphatic heterocycles. The van der Waals surface area contributed by atoms with Crippen LogP contribution in [0.1, 0.15) is 47.3 Å². The van der Waals surface area contributed by atoms with Crippen molar-refractivity contribution in [2.45, 2.75) is 44.0 Å². The Kier molecular flexibility index (Phi) is 5.33. The summed E-state index contributed by atoms with van der Waals surface area (Å²) < 4.78 is 45.2. The summed E-state index contributed by atoms with van der Waals surface area (Å²) in [4.78, 5) is 20.1. The normalized spacial score (nSPS) is 25.4. The number of alkyl halides is 3. The van der Waals surface area contributed by atoms with Gasteiger partial charge in [0.05, 0.1) is 29.5 Å². The van der Waals surface area contributed by atoms with E-state index < -0.39 is 17.3 Å². The van der Waals surface area contributed by atoms with Gasteiger partial charge in [-0.1, -0.05) is 0 Å². The largest absolute Gasteiger partial charge is 0.490 e. The quantitative estimate of drug-likeness (QED) is 0.821. The van der Waals surface area contributed by atoms with Gasteiger partial charge in [-0.2, -0.15) is 18.4 Å². The predicted octanol–water partition coefficient (Wildman–Crippen LogP) is 3.73. The number of amides is 1. The van der Waals surface area contributed by atoms with Gasteiger partial charge in [0, 0.05) is 18.4 Å². The molecule has 0 bridgehead atoms. The third kappa shape index (κ3) is 4.22. The van der Waals surface area contributed by atoms with E-state index in [1.807, 2.05) is 0 Å². The Labute approximate surface area is 171 Å². The summed E-state index contributed by atoms with van der Waals surface area (Å²) in [5.74, 6) is 0.571. The number of rotatable bonds is 4. The molecule has 2 atom stereocenters. The molecule has 1 heterocycles. The van der Waals surface area contributed by atoms with Crippen LogP contribution < -0.4 is 10.1 Å². The zero-order chi connectivity index (χ0) is 21.3. The van der Waals surface area contributed by atoms with Crippen molar-refractivity contribution >= 4 is 5.91 Å². The van der Waals surface area contributed by atoms with Crippen molar-refractivity contribution in [3.63, 3.8) is 0 Å². The molecule has 2 fully saturated rings. The Morgan fingerprint density at radius 2 is 1.90 bits per heavy atom. The van der Waals surface area contributed by atoms with Crippen molar-refractivity contribution in [2.24, 2.45) is 11.8 Å². The number of aromatic nitrogens is 2. The number of nitrogens with one attached hydrogen (secondary N) is 1. The minimum atomic E-state index is -4.61. The van der Waals surface area contributed by atoms with Crippen LogP contribution >= 0.6 is 0 Å². The topological polar surface area (TPSA) is 87.9 Å². The first-order valence-corrected chi connectivity index (χ1v) is 9.68. The molecule has 2 unspecified atom stereocenters. The smallest absolute Gasteiger partial charge is 0.417 e. The number of hydrogen-bond donors (Lipinski definition) is 1. The standard InChI is InChI=1S/C21H19F3N4O2/c22-21(23,24)18-9-16(2-1-12(18)10-25)30-17-7-13-5-15(6-14(13)8-17)28-20(29)19-11-26-3-4-27-19/h1-4,9,11,13-15,17H,5-8H2,(H,28,29). The van der Waals surface area contributed by atoms with E-state index in [9.17, 15) is 18.0 Å². The van der Waals surface area contributed by atoms with Crippen molar-refractivity contribution in [1.29, 1.82) is 5.26 Å². The predicted molar refractivity (Wildman–Crippen MR) is 99.3 cm³/mol. The van der Waals surface area contributed by atoms with Crippen molar-refractivity contribution < 1.29 is 22.7 Å². The summed E-state index contributed by atoms with van der Waals surface area (Å²) >= 11 is 0. The minimum Gasteiger partial charge on any atom is -0.490 e. The highest BCUT2D eigenvalue weighted by atomic mass is 19.4. The SMILES string of the molecule is N#Cc1ccc(OC2CC3CC(NC(=O)c4cnccn4)CC3C2)cc1C(F)(F)F. The lowest BCUT2D eigenvalue weighted by Crippen LogP contribution is -2.34. The number of nitrogens with zero attached hydrogens (tertiary/aromatic N) is 3. The molecule has 1 N–H and O–H groups in total. The van der Waals surface area contributed by atoms with E-state index in [4.69, 9.17) is 10.00 Å². The van der Waals surface area contributed by atoms with E-state index in [1.54, 1.807) is 6.07 Å². The molecule has 0 spiro atoms. The second kappa shape index (κ2) is 7.94. The van der Waals surface area contributed by atoms with Gasteiger partial charge in [-0.05, 0) is 55.7 Å². The molecule has 6 nitrogen and oxygen atoms in total. The highest BCUT2D eigenvalue weighted by Gasteiger charge is 2.43. The van der Waals surface area contributed by atoms with Gasteiger partial charge in [-0.3, -0.25) is 9.78 Å². The summed E-state index contributed by atoms with van der Waals surface area (Å²) in [5.41, 5.74) is -1.12. The molecule has 2 saturated carbocycles. The number of halogens is 3. The van der Waals surface area contributed by atoms with E-state index in [0.29, 0.717) is 11.8 Å². The Balaban J connectivity index is 1.34. The molecule has 2 aliphatic carbocycles. The first-order valence-electron chi connectivity index (χ1n) is 9.68. The van der Waals surface area contributed by atoms with Crippen LogP contribution in [0.2, 0.25) is 0 Å². The fourth-order valence-corrected chi connectivity index (χ4v) is 4.57. The van der Waals surface area contributed by atoms with Crippen LogP contribution in [-0.2, 0) is 6.18 Å². The van der Waals surface area contributed by atoms with Crippen molar-refractivity contribution in [2.75, 3.05) is 0 Å². The van der Waals surface area contributed by atoms with Crippen molar-refractivity contribution in [3.05, 3.63) is 53.6 Å². The molecule has 4 rings (SSSR count). The summed E-state index contributed by atoms with van der Waals surface area (Å²) in [6, 6.07) is 5.07. The van der Waals surface area contributed by atoms with E-state index in [1.165, 1.54) is 24.7 Å². The first-order chi connectivity index (χ1) is 14.3. The minimum absolute atomic E-state index is 0.0437. The Morgan fingerprint density at radius 3 is 2.50 bits per heavy atom. The second-order valence-corrected chi connectivity index (χ2v) is 7.78. The van der Waals surface area contributed by atoms with E-state index >= 15 is 0 Å². The van der Waals surface area contributed by atoms with Gasteiger partial charge in [0.15, 0.2) is 0 Å². The monoisotopic (exact) mass is 416 g/mol. The van der Waals surface area contributed by atoms with Crippen LogP contribution in [0, 0.1) is 23.2 Å². The summed E-state index contributed by atoms with van der Waals surface area (Å²) in [7, 11) is 0. The summed E-state index contributed by atoms with van der Waals surface area (Å²) in [6.07, 6.45) is 2.66. The maximum absolute atomic E-state index is 13.1. The molecule has 2 aliphatic rings. The number of nitriles is 1. The molecule has 2 aromatic rings. The number of hydrogen-bond acceptors (Lipinski definition) is 5. The van der Waals surface area contributed by atoms with Gasteiger partial charge in [0.25, 0.3) is 5.91 Å². The fraction of sp³-hybridized carbons (Fsp3) is 0.429. The van der Waals surface area contributed by atoms with Crippen LogP contribution in [0.4, 0.5) is 13.2 Å². The molecule has 1 aromatic carbocycles. The van der Waals surface area contributed by atoms with Crippen LogP contribution in [0.5, 0.6) is 5.75 Å². The molecule has 1 amide bonds. The Morgan fingerprint density at radius 1 is 1.17 bits per heavy atom. The molecule has 30 heavy (non-hydrogen) atoms. The van der Waals surface area contributed by atoms with Gasteiger partial charge in [0.2, 0.25) is 0 Å². The van der Waals surface area contributed by atoms with Crippen LogP contribution in [0.25, 0.3) is 0 Å². The molecule has 1 aromatic heterocycles. The molecular weight excluding hydrogens is 397 g/mol. The summed E-state index contributed by atoms with van der Waals surface area (Å²) in [6.45, 7) is 0. The summed E-state index contributed by atoms with van der Waals surface area (Å²) in [5, 5.41) is 11.9. The Bertz CT molecular complexity index is 960. The second-order valence-electron chi connectivity index (χ2n) is 7.78. The zero-order valence-electron chi connectivity index (χ0n) is 15.9. The number of carbonyl (C=O) groups is 1. The van der Waals surface area contributed by atoms with Crippen molar-refractivity contribution in [1.82, 2.24) is 15.3 Å². The van der Waals surface area contributed by atoms with E-state index in [-0.39, 0.29) is 29.5 Å². The lowest BCUT2D eigenvalue weighted by Gasteiger charge is -2.18. The third-order valence-electron chi connectivity index (χ3n) is 5.82. The van der Waals surface area contributed by atoms with Crippen molar-refractivity contribution in [3.8, 4) is 11.8 Å². The van der Waals surface area contributed by atoms with Crippen LogP contribution in [0.15, 0.2) is 36.8 Å². The van der Waals surface area contributed by atoms with Gasteiger partial charge >= 0.3 is 6.18 Å². The average Bonchev–Trinajstić information content (AvgIpc) is 3.25. The maximum Gasteiger partial charge on any atom is 0.417 e. The zero-order valence-corrected chi connectivity index (χ0v) is 15.9. The Hall–Kier alpha value is -3.15. The average molecular weight is 416 g/mol. The van der Waals surface area contributed by atoms with Gasteiger partial charge in [-0.15, -0.1) is 0 Å². The maximum atomic E-state index is 13.1. The molecule has 156 valence electrons. The van der Waals surface area contributed by atoms with Crippen LogP contribution in [-0.4, -0.2) is 28.0 Å². The highest BCUT2D eigenvalue weighted by molar-refractivity contribution is 5.92. The molecule has 9 heteroatoms. The number of ether oxygens (including phenoxy) is 1. The van der Waals surface area contributed by atoms with E-state index in [0.717, 1.165) is 37.8 Å². The highest BCUT2D eigenvalue weighted by Crippen LogP contribution is 2.45. The number of benzene rings is 1. The first kappa shape index (κ1) is 20.1. The lowest BCUT2D eigenvalue weighted by atomic mass is 10.0. The molecular formula is C21H19F3N4O2. The van der Waals surface area contributed by atoms with Crippen LogP contribution in [0.3, 0.4) is 0 Å². The van der Waals surface area contributed by atoms with Gasteiger partial charge < -0.3 is 10.1 Å². The number of carbonyl (C=O) groups excluding carboxylic acids is 1. The van der Waals surface area contributed by atoms with Gasteiger partial charge in [0.1, 0.15) is 11.4 Å². The van der Waals surface area contributed by atoms with Gasteiger partial charge in [-0.25, -0.2) is 4.98 Å². The third-order valence-corrected chi connectivity index (χ3v) is 5.82. The number of fused-ring (bicyclic) bond motifs is 1. The molecule has 0 radical (unpaired) electrons. The lowest BCUT2D eigenvalue weighted by molar-refractivity contribution is -0.137. The van der Waals surface area contributed by atoms with E-state index in [2.05, 4.69) is 15.3 Å². The fourth-order valence-electron chi connectivity index (χ4n) is 4.57.